The Morgan fingerprint density at radius 1 is 1.32 bits per heavy atom. The number of hydrogen-bond acceptors (Lipinski definition) is 3. The van der Waals surface area contributed by atoms with Crippen LogP contribution in [0.15, 0.2) is 12.3 Å². The minimum absolute atomic E-state index is 0.116. The van der Waals surface area contributed by atoms with Crippen LogP contribution >= 0.6 is 0 Å². The van der Waals surface area contributed by atoms with E-state index in [-0.39, 0.29) is 12.1 Å². The average Bonchev–Trinajstić information content (AvgIpc) is 2.85. The van der Waals surface area contributed by atoms with E-state index in [9.17, 15) is 0 Å². The first-order chi connectivity index (χ1) is 8.90. The van der Waals surface area contributed by atoms with Crippen LogP contribution in [-0.2, 0) is 11.2 Å². The first kappa shape index (κ1) is 14.5. The van der Waals surface area contributed by atoms with Gasteiger partial charge in [0.15, 0.2) is 0 Å². The molecule has 5 atom stereocenters. The molecule has 0 aromatic carbocycles. The Kier molecular flexibility index (Phi) is 4.31. The van der Waals surface area contributed by atoms with Gasteiger partial charge >= 0.3 is 0 Å². The van der Waals surface area contributed by atoms with Crippen LogP contribution in [0.4, 0.5) is 0 Å². The minimum atomic E-state index is 0.116. The largest absolute Gasteiger partial charge is 0.375 e. The molecule has 1 aliphatic heterocycles. The molecule has 1 aromatic heterocycles. The molecule has 0 amide bonds. The summed E-state index contributed by atoms with van der Waals surface area (Å²) in [4.78, 5) is 0. The van der Waals surface area contributed by atoms with Gasteiger partial charge < -0.3 is 10.5 Å². The maximum absolute atomic E-state index is 6.41. The highest BCUT2D eigenvalue weighted by atomic mass is 16.5. The van der Waals surface area contributed by atoms with Gasteiger partial charge in [-0.15, -0.1) is 0 Å². The van der Waals surface area contributed by atoms with Crippen LogP contribution in [0.3, 0.4) is 0 Å². The first-order valence-electron chi connectivity index (χ1n) is 7.35. The fourth-order valence-electron chi connectivity index (χ4n) is 3.18. The van der Waals surface area contributed by atoms with Gasteiger partial charge in [0, 0.05) is 30.6 Å². The van der Waals surface area contributed by atoms with Crippen LogP contribution in [0.25, 0.3) is 0 Å². The molecular formula is C15H27N3O. The highest BCUT2D eigenvalue weighted by molar-refractivity contribution is 5.04. The van der Waals surface area contributed by atoms with Gasteiger partial charge in [-0.2, -0.15) is 5.10 Å². The Balaban J connectivity index is 2.02. The van der Waals surface area contributed by atoms with Gasteiger partial charge in [-0.3, -0.25) is 4.68 Å². The third kappa shape index (κ3) is 3.00. The van der Waals surface area contributed by atoms with Crippen molar-refractivity contribution in [2.45, 2.75) is 65.3 Å². The molecule has 0 spiro atoms. The van der Waals surface area contributed by atoms with Crippen molar-refractivity contribution >= 4 is 0 Å². The molecule has 4 heteroatoms. The maximum atomic E-state index is 6.41. The monoisotopic (exact) mass is 265 g/mol. The van der Waals surface area contributed by atoms with Crippen LogP contribution in [0.5, 0.6) is 0 Å². The lowest BCUT2D eigenvalue weighted by Gasteiger charge is -2.25. The van der Waals surface area contributed by atoms with E-state index >= 15 is 0 Å². The first-order valence-corrected chi connectivity index (χ1v) is 7.35. The number of rotatable bonds is 4. The van der Waals surface area contributed by atoms with Crippen LogP contribution in [0.2, 0.25) is 0 Å². The summed E-state index contributed by atoms with van der Waals surface area (Å²) >= 11 is 0. The second-order valence-corrected chi connectivity index (χ2v) is 6.23. The Morgan fingerprint density at radius 2 is 2.00 bits per heavy atom. The van der Waals surface area contributed by atoms with Gasteiger partial charge in [-0.05, 0) is 39.7 Å². The predicted molar refractivity (Wildman–Crippen MR) is 77.0 cm³/mol. The number of hydrogen-bond donors (Lipinski definition) is 1. The third-order valence-corrected chi connectivity index (χ3v) is 4.45. The molecule has 0 aliphatic carbocycles. The molecule has 0 radical (unpaired) electrons. The zero-order valence-corrected chi connectivity index (χ0v) is 12.7. The molecule has 1 saturated heterocycles. The molecule has 0 saturated carbocycles. The quantitative estimate of drug-likeness (QED) is 0.909. The molecule has 5 unspecified atom stereocenters. The number of ether oxygens (including phenoxy) is 1. The molecule has 4 nitrogen and oxygen atoms in total. The molecule has 2 rings (SSSR count). The van der Waals surface area contributed by atoms with Crippen LogP contribution in [0, 0.1) is 11.8 Å². The SMILES string of the molecule is CC1OC(C)C(C(N)Cc2ccn(C(C)C)n2)C1C. The molecule has 108 valence electrons. The van der Waals surface area contributed by atoms with Gasteiger partial charge in [0.2, 0.25) is 0 Å². The Labute approximate surface area is 116 Å². The van der Waals surface area contributed by atoms with Crippen molar-refractivity contribution in [1.82, 2.24) is 9.78 Å². The summed E-state index contributed by atoms with van der Waals surface area (Å²) in [6.45, 7) is 10.8. The van der Waals surface area contributed by atoms with Crippen LogP contribution < -0.4 is 5.73 Å². The highest BCUT2D eigenvalue weighted by Crippen LogP contribution is 2.34. The fourth-order valence-corrected chi connectivity index (χ4v) is 3.18. The number of aromatic nitrogens is 2. The average molecular weight is 265 g/mol. The summed E-state index contributed by atoms with van der Waals surface area (Å²) in [5.41, 5.74) is 7.49. The van der Waals surface area contributed by atoms with Crippen molar-refractivity contribution in [1.29, 1.82) is 0 Å². The van der Waals surface area contributed by atoms with E-state index in [2.05, 4.69) is 45.8 Å². The lowest BCUT2D eigenvalue weighted by atomic mass is 9.82. The molecule has 1 aliphatic rings. The Bertz CT molecular complexity index is 415. The Morgan fingerprint density at radius 3 is 2.47 bits per heavy atom. The fraction of sp³-hybridized carbons (Fsp3) is 0.800. The van der Waals surface area contributed by atoms with Crippen molar-refractivity contribution in [3.63, 3.8) is 0 Å². The van der Waals surface area contributed by atoms with E-state index < -0.39 is 0 Å². The molecular weight excluding hydrogens is 238 g/mol. The number of nitrogens with two attached hydrogens (primary N) is 1. The summed E-state index contributed by atoms with van der Waals surface area (Å²) < 4.78 is 7.87. The molecule has 1 aromatic rings. The summed E-state index contributed by atoms with van der Waals surface area (Å²) in [7, 11) is 0. The summed E-state index contributed by atoms with van der Waals surface area (Å²) in [6.07, 6.45) is 3.41. The van der Waals surface area contributed by atoms with Gasteiger partial charge in [0.25, 0.3) is 0 Å². The van der Waals surface area contributed by atoms with E-state index in [0.717, 1.165) is 12.1 Å². The van der Waals surface area contributed by atoms with E-state index in [1.165, 1.54) is 0 Å². The lowest BCUT2D eigenvalue weighted by Crippen LogP contribution is -2.39. The van der Waals surface area contributed by atoms with E-state index in [0.29, 0.717) is 24.0 Å². The summed E-state index contributed by atoms with van der Waals surface area (Å²) in [5.74, 6) is 0.927. The van der Waals surface area contributed by atoms with E-state index in [1.54, 1.807) is 0 Å². The van der Waals surface area contributed by atoms with Crippen molar-refractivity contribution in [3.8, 4) is 0 Å². The van der Waals surface area contributed by atoms with Crippen molar-refractivity contribution in [3.05, 3.63) is 18.0 Å². The molecule has 0 bridgehead atoms. The summed E-state index contributed by atoms with van der Waals surface area (Å²) in [6, 6.07) is 2.59. The predicted octanol–water partition coefficient (Wildman–Crippen LogP) is 2.39. The van der Waals surface area contributed by atoms with E-state index in [4.69, 9.17) is 10.5 Å². The standard InChI is InChI=1S/C15H27N3O/c1-9(2)18-7-6-13(17-18)8-14(16)15-10(3)11(4)19-12(15)5/h6-7,9-12,14-15H,8,16H2,1-5H3. The normalized spacial score (nSPS) is 33.0. The molecule has 2 heterocycles. The molecule has 2 N–H and O–H groups in total. The maximum Gasteiger partial charge on any atom is 0.0640 e. The van der Waals surface area contributed by atoms with Crippen molar-refractivity contribution in [2.24, 2.45) is 17.6 Å². The van der Waals surface area contributed by atoms with Gasteiger partial charge in [0.1, 0.15) is 0 Å². The van der Waals surface area contributed by atoms with Crippen molar-refractivity contribution in [2.75, 3.05) is 0 Å². The smallest absolute Gasteiger partial charge is 0.0640 e. The molecule has 19 heavy (non-hydrogen) atoms. The van der Waals surface area contributed by atoms with Gasteiger partial charge in [-0.1, -0.05) is 6.92 Å². The van der Waals surface area contributed by atoms with Crippen molar-refractivity contribution < 1.29 is 4.74 Å². The zero-order chi connectivity index (χ0) is 14.2. The van der Waals surface area contributed by atoms with Gasteiger partial charge in [0.05, 0.1) is 17.9 Å². The molecule has 1 fully saturated rings. The topological polar surface area (TPSA) is 53.1 Å². The van der Waals surface area contributed by atoms with Gasteiger partial charge in [-0.25, -0.2) is 0 Å². The third-order valence-electron chi connectivity index (χ3n) is 4.45. The second kappa shape index (κ2) is 5.63. The van der Waals surface area contributed by atoms with Crippen LogP contribution in [0.1, 0.15) is 46.4 Å². The zero-order valence-electron chi connectivity index (χ0n) is 12.7. The van der Waals surface area contributed by atoms with E-state index in [1.807, 2.05) is 10.9 Å². The lowest BCUT2D eigenvalue weighted by molar-refractivity contribution is 0.0490. The minimum Gasteiger partial charge on any atom is -0.375 e. The highest BCUT2D eigenvalue weighted by Gasteiger charge is 2.40. The second-order valence-electron chi connectivity index (χ2n) is 6.23. The van der Waals surface area contributed by atoms with Crippen LogP contribution in [-0.4, -0.2) is 28.0 Å². The Hall–Kier alpha value is -0.870. The number of nitrogens with zero attached hydrogens (tertiary/aromatic N) is 2. The summed E-state index contributed by atoms with van der Waals surface area (Å²) in [5, 5.41) is 4.59.